The number of Topliss-reactive ketones (excluding diaryl/α,β-unsaturated/α-hetero) is 1. The van der Waals surface area contributed by atoms with Gasteiger partial charge >= 0.3 is 0 Å². The zero-order chi connectivity index (χ0) is 18.8. The maximum absolute atomic E-state index is 12.6. The van der Waals surface area contributed by atoms with E-state index in [0.29, 0.717) is 52.9 Å². The van der Waals surface area contributed by atoms with Crippen LogP contribution in [0.25, 0.3) is 10.9 Å². The number of ketones is 1. The summed E-state index contributed by atoms with van der Waals surface area (Å²) in [6.07, 6.45) is 0. The SMILES string of the molecule is CCn1c(SCC(=O)c2ccc3c(c2)OCCO3)nc2ccccc2c1=O. The van der Waals surface area contributed by atoms with Crippen molar-refractivity contribution >= 4 is 28.4 Å². The van der Waals surface area contributed by atoms with Gasteiger partial charge < -0.3 is 9.47 Å². The lowest BCUT2D eigenvalue weighted by molar-refractivity contribution is 0.102. The summed E-state index contributed by atoms with van der Waals surface area (Å²) in [5, 5.41) is 1.13. The van der Waals surface area contributed by atoms with Crippen LogP contribution < -0.4 is 15.0 Å². The van der Waals surface area contributed by atoms with E-state index in [1.54, 1.807) is 28.8 Å². The number of thioether (sulfide) groups is 1. The van der Waals surface area contributed by atoms with Crippen molar-refractivity contribution in [3.05, 3.63) is 58.4 Å². The topological polar surface area (TPSA) is 70.4 Å². The molecule has 0 N–H and O–H groups in total. The van der Waals surface area contributed by atoms with Crippen molar-refractivity contribution < 1.29 is 14.3 Å². The summed E-state index contributed by atoms with van der Waals surface area (Å²) in [7, 11) is 0. The molecule has 1 aromatic heterocycles. The third kappa shape index (κ3) is 3.42. The normalized spacial score (nSPS) is 12.9. The van der Waals surface area contributed by atoms with Crippen LogP contribution in [-0.4, -0.2) is 34.3 Å². The number of hydrogen-bond donors (Lipinski definition) is 0. The van der Waals surface area contributed by atoms with Gasteiger partial charge in [0.15, 0.2) is 22.4 Å². The number of benzene rings is 2. The molecule has 2 heterocycles. The molecule has 0 unspecified atom stereocenters. The molecular formula is C20H18N2O4S. The molecule has 0 saturated carbocycles. The van der Waals surface area contributed by atoms with E-state index in [2.05, 4.69) is 4.98 Å². The van der Waals surface area contributed by atoms with Crippen LogP contribution in [0.3, 0.4) is 0 Å². The van der Waals surface area contributed by atoms with Crippen LogP contribution in [0, 0.1) is 0 Å². The molecule has 0 radical (unpaired) electrons. The summed E-state index contributed by atoms with van der Waals surface area (Å²) in [4.78, 5) is 29.8. The summed E-state index contributed by atoms with van der Waals surface area (Å²) < 4.78 is 12.6. The fourth-order valence-electron chi connectivity index (χ4n) is 2.97. The lowest BCUT2D eigenvalue weighted by atomic mass is 10.1. The van der Waals surface area contributed by atoms with Gasteiger partial charge in [0.05, 0.1) is 16.7 Å². The molecule has 0 aliphatic carbocycles. The van der Waals surface area contributed by atoms with E-state index in [1.807, 2.05) is 25.1 Å². The first-order chi connectivity index (χ1) is 13.2. The lowest BCUT2D eigenvalue weighted by Crippen LogP contribution is -2.22. The fourth-order valence-corrected chi connectivity index (χ4v) is 3.92. The highest BCUT2D eigenvalue weighted by Crippen LogP contribution is 2.31. The maximum atomic E-state index is 12.6. The van der Waals surface area contributed by atoms with Gasteiger partial charge in [0.1, 0.15) is 13.2 Å². The maximum Gasteiger partial charge on any atom is 0.262 e. The average molecular weight is 382 g/mol. The Morgan fingerprint density at radius 1 is 1.15 bits per heavy atom. The van der Waals surface area contributed by atoms with Gasteiger partial charge in [0, 0.05) is 12.1 Å². The number of carbonyl (C=O) groups excluding carboxylic acids is 1. The molecule has 6 nitrogen and oxygen atoms in total. The highest BCUT2D eigenvalue weighted by Gasteiger charge is 2.17. The number of fused-ring (bicyclic) bond motifs is 2. The first-order valence-corrected chi connectivity index (χ1v) is 9.71. The smallest absolute Gasteiger partial charge is 0.262 e. The predicted molar refractivity (Wildman–Crippen MR) is 104 cm³/mol. The number of rotatable bonds is 5. The lowest BCUT2D eigenvalue weighted by Gasteiger charge is -2.18. The Balaban J connectivity index is 1.58. The first kappa shape index (κ1) is 17.6. The van der Waals surface area contributed by atoms with E-state index in [4.69, 9.17) is 9.47 Å². The molecule has 1 aliphatic rings. The minimum Gasteiger partial charge on any atom is -0.486 e. The van der Waals surface area contributed by atoms with Crippen molar-refractivity contribution in [1.29, 1.82) is 0 Å². The minimum absolute atomic E-state index is 0.0537. The van der Waals surface area contributed by atoms with E-state index in [0.717, 1.165) is 0 Å². The number of para-hydroxylation sites is 1. The number of aromatic nitrogens is 2. The monoisotopic (exact) mass is 382 g/mol. The predicted octanol–water partition coefficient (Wildman–Crippen LogP) is 3.16. The molecule has 138 valence electrons. The highest BCUT2D eigenvalue weighted by molar-refractivity contribution is 7.99. The summed E-state index contributed by atoms with van der Waals surface area (Å²) >= 11 is 1.27. The summed E-state index contributed by atoms with van der Waals surface area (Å²) in [6.45, 7) is 3.38. The van der Waals surface area contributed by atoms with Gasteiger partial charge in [-0.25, -0.2) is 4.98 Å². The van der Waals surface area contributed by atoms with E-state index >= 15 is 0 Å². The van der Waals surface area contributed by atoms with Crippen LogP contribution in [0.1, 0.15) is 17.3 Å². The van der Waals surface area contributed by atoms with Gasteiger partial charge in [-0.15, -0.1) is 0 Å². The molecule has 0 bridgehead atoms. The average Bonchev–Trinajstić information content (AvgIpc) is 2.71. The largest absolute Gasteiger partial charge is 0.486 e. The van der Waals surface area contributed by atoms with Crippen LogP contribution in [0.4, 0.5) is 0 Å². The van der Waals surface area contributed by atoms with Crippen LogP contribution in [-0.2, 0) is 6.54 Å². The van der Waals surface area contributed by atoms with E-state index in [1.165, 1.54) is 11.8 Å². The Morgan fingerprint density at radius 2 is 1.93 bits per heavy atom. The number of hydrogen-bond acceptors (Lipinski definition) is 6. The van der Waals surface area contributed by atoms with Crippen LogP contribution >= 0.6 is 11.8 Å². The van der Waals surface area contributed by atoms with E-state index < -0.39 is 0 Å². The van der Waals surface area contributed by atoms with Crippen molar-refractivity contribution in [2.24, 2.45) is 0 Å². The summed E-state index contributed by atoms with van der Waals surface area (Å²) in [6, 6.07) is 12.4. The van der Waals surface area contributed by atoms with Gasteiger partial charge in [-0.2, -0.15) is 0 Å². The van der Waals surface area contributed by atoms with Gasteiger partial charge in [0.25, 0.3) is 5.56 Å². The van der Waals surface area contributed by atoms with Crippen LogP contribution in [0.5, 0.6) is 11.5 Å². The molecule has 0 spiro atoms. The number of nitrogens with zero attached hydrogens (tertiary/aromatic N) is 2. The first-order valence-electron chi connectivity index (χ1n) is 8.72. The highest BCUT2D eigenvalue weighted by atomic mass is 32.2. The molecule has 0 atom stereocenters. The molecule has 0 amide bonds. The molecule has 7 heteroatoms. The van der Waals surface area contributed by atoms with Crippen LogP contribution in [0.15, 0.2) is 52.4 Å². The fraction of sp³-hybridized carbons (Fsp3) is 0.250. The molecular weight excluding hydrogens is 364 g/mol. The zero-order valence-electron chi connectivity index (χ0n) is 14.8. The molecule has 4 rings (SSSR count). The number of carbonyl (C=O) groups is 1. The van der Waals surface area contributed by atoms with E-state index in [9.17, 15) is 9.59 Å². The van der Waals surface area contributed by atoms with Crippen molar-refractivity contribution in [3.8, 4) is 11.5 Å². The van der Waals surface area contributed by atoms with Gasteiger partial charge in [-0.05, 0) is 37.3 Å². The quantitative estimate of drug-likeness (QED) is 0.384. The van der Waals surface area contributed by atoms with Crippen molar-refractivity contribution in [2.45, 2.75) is 18.6 Å². The second-order valence-corrected chi connectivity index (χ2v) is 6.97. The second-order valence-electron chi connectivity index (χ2n) is 6.03. The van der Waals surface area contributed by atoms with Gasteiger partial charge in [0.2, 0.25) is 0 Å². The Labute approximate surface area is 160 Å². The van der Waals surface area contributed by atoms with Crippen molar-refractivity contribution in [3.63, 3.8) is 0 Å². The van der Waals surface area contributed by atoms with Gasteiger partial charge in [-0.3, -0.25) is 14.2 Å². The molecule has 0 saturated heterocycles. The second kappa shape index (κ2) is 7.44. The zero-order valence-corrected chi connectivity index (χ0v) is 15.6. The van der Waals surface area contributed by atoms with Crippen molar-refractivity contribution in [1.82, 2.24) is 9.55 Å². The van der Waals surface area contributed by atoms with Gasteiger partial charge in [-0.1, -0.05) is 23.9 Å². The minimum atomic E-state index is -0.0858. The Kier molecular flexibility index (Phi) is 4.85. The third-order valence-corrected chi connectivity index (χ3v) is 5.32. The Hall–Kier alpha value is -2.80. The Bertz CT molecular complexity index is 1080. The van der Waals surface area contributed by atoms with Crippen molar-refractivity contribution in [2.75, 3.05) is 19.0 Å². The van der Waals surface area contributed by atoms with Crippen LogP contribution in [0.2, 0.25) is 0 Å². The third-order valence-electron chi connectivity index (χ3n) is 4.34. The Morgan fingerprint density at radius 3 is 2.74 bits per heavy atom. The summed E-state index contributed by atoms with van der Waals surface area (Å²) in [5.41, 5.74) is 1.11. The standard InChI is InChI=1S/C20H18N2O4S/c1-2-22-19(24)14-5-3-4-6-15(14)21-20(22)27-12-16(23)13-7-8-17-18(11-13)26-10-9-25-17/h3-8,11H,2,9-10,12H2,1H3. The molecule has 27 heavy (non-hydrogen) atoms. The molecule has 1 aliphatic heterocycles. The summed E-state index contributed by atoms with van der Waals surface area (Å²) in [5.74, 6) is 1.37. The molecule has 2 aromatic carbocycles. The molecule has 3 aromatic rings. The molecule has 0 fully saturated rings. The number of ether oxygens (including phenoxy) is 2. The van der Waals surface area contributed by atoms with E-state index in [-0.39, 0.29) is 17.1 Å².